The molecule has 0 radical (unpaired) electrons. The summed E-state index contributed by atoms with van der Waals surface area (Å²) in [4.78, 5) is 15.4. The minimum Gasteiger partial charge on any atom is -0.497 e. The molecule has 2 aromatic carbocycles. The number of rotatable bonds is 3. The van der Waals surface area contributed by atoms with Crippen molar-refractivity contribution in [1.29, 1.82) is 0 Å². The smallest absolute Gasteiger partial charge is 0.265 e. The Labute approximate surface area is 161 Å². The third-order valence-corrected chi connectivity index (χ3v) is 5.25. The van der Waals surface area contributed by atoms with Crippen LogP contribution in [-0.4, -0.2) is 28.3 Å². The lowest BCUT2D eigenvalue weighted by Crippen LogP contribution is -2.87. The van der Waals surface area contributed by atoms with Crippen LogP contribution in [0.4, 0.5) is 0 Å². The summed E-state index contributed by atoms with van der Waals surface area (Å²) in [7, 11) is 1.59. The molecule has 1 aromatic heterocycles. The first kappa shape index (κ1) is 17.5. The molecule has 0 fully saturated rings. The summed E-state index contributed by atoms with van der Waals surface area (Å²) < 4.78 is 6.81. The number of benzene rings is 2. The highest BCUT2D eigenvalue weighted by Crippen LogP contribution is 2.29. The van der Waals surface area contributed by atoms with Crippen LogP contribution in [0, 0.1) is 4.77 Å². The fraction of sp³-hybridized carbons (Fsp3) is 0.200. The number of fused-ring (bicyclic) bond motifs is 1. The van der Waals surface area contributed by atoms with Crippen molar-refractivity contribution in [3.8, 4) is 17.3 Å². The third-order valence-electron chi connectivity index (χ3n) is 4.97. The lowest BCUT2D eigenvalue weighted by atomic mass is 9.90. The maximum absolute atomic E-state index is 12.7. The van der Waals surface area contributed by atoms with Gasteiger partial charge in [-0.25, -0.2) is 0 Å². The summed E-state index contributed by atoms with van der Waals surface area (Å²) in [5.41, 5.74) is 2.84. The molecule has 0 aliphatic carbocycles. The normalized spacial score (nSPS) is 16.0. The molecule has 0 unspecified atom stereocenters. The molecule has 0 spiro atoms. The van der Waals surface area contributed by atoms with Crippen LogP contribution in [-0.2, 0) is 6.42 Å². The van der Waals surface area contributed by atoms with E-state index in [1.54, 1.807) is 31.4 Å². The number of methoxy groups -OCH3 is 1. The van der Waals surface area contributed by atoms with E-state index in [9.17, 15) is 9.90 Å². The summed E-state index contributed by atoms with van der Waals surface area (Å²) >= 11 is 5.32. The van der Waals surface area contributed by atoms with Crippen molar-refractivity contribution in [2.75, 3.05) is 13.7 Å². The van der Waals surface area contributed by atoms with E-state index in [2.05, 4.69) is 16.4 Å². The van der Waals surface area contributed by atoms with E-state index in [0.29, 0.717) is 17.0 Å². The highest BCUT2D eigenvalue weighted by molar-refractivity contribution is 7.71. The van der Waals surface area contributed by atoms with Crippen molar-refractivity contribution in [3.05, 3.63) is 80.3 Å². The molecule has 1 aliphatic rings. The van der Waals surface area contributed by atoms with Crippen LogP contribution in [0.3, 0.4) is 0 Å². The van der Waals surface area contributed by atoms with Gasteiger partial charge in [0.1, 0.15) is 17.4 Å². The Morgan fingerprint density at radius 3 is 2.70 bits per heavy atom. The van der Waals surface area contributed by atoms with Crippen LogP contribution < -0.4 is 15.6 Å². The second-order valence-electron chi connectivity index (χ2n) is 6.48. The number of aromatic amines is 1. The minimum absolute atomic E-state index is 0.133. The van der Waals surface area contributed by atoms with Gasteiger partial charge < -0.3 is 15.2 Å². The minimum atomic E-state index is -0.361. The average molecular weight is 382 g/mol. The standard InChI is InChI=1S/C20H19N3O3S/c1-26-14-8-6-13(7-9-14)23-19(25)16(18(24)22-20(23)27)17-15-5-3-2-4-12(15)10-11-21-17/h2-9,17,21,25H,10-11H2,1H3,(H,22,24,27)/p+1/t17-/m0/s1. The second-order valence-corrected chi connectivity index (χ2v) is 6.87. The maximum atomic E-state index is 12.7. The highest BCUT2D eigenvalue weighted by Gasteiger charge is 2.31. The molecule has 138 valence electrons. The number of H-pyrrole nitrogens is 1. The predicted molar refractivity (Wildman–Crippen MR) is 104 cm³/mol. The lowest BCUT2D eigenvalue weighted by Gasteiger charge is -2.24. The van der Waals surface area contributed by atoms with Crippen LogP contribution >= 0.6 is 12.2 Å². The van der Waals surface area contributed by atoms with Gasteiger partial charge >= 0.3 is 0 Å². The van der Waals surface area contributed by atoms with Crippen molar-refractivity contribution in [2.45, 2.75) is 12.5 Å². The van der Waals surface area contributed by atoms with Gasteiger partial charge in [-0.3, -0.25) is 14.3 Å². The quantitative estimate of drug-likeness (QED) is 0.604. The van der Waals surface area contributed by atoms with E-state index in [1.165, 1.54) is 10.1 Å². The molecule has 1 atom stereocenters. The van der Waals surface area contributed by atoms with Crippen LogP contribution in [0.5, 0.6) is 11.6 Å². The lowest BCUT2D eigenvalue weighted by molar-refractivity contribution is -0.690. The Balaban J connectivity index is 1.91. The number of nitrogens with two attached hydrogens (primary N) is 1. The molecule has 27 heavy (non-hydrogen) atoms. The van der Waals surface area contributed by atoms with Gasteiger partial charge in [0.15, 0.2) is 4.77 Å². The Morgan fingerprint density at radius 1 is 1.22 bits per heavy atom. The number of aromatic nitrogens is 2. The molecule has 6 nitrogen and oxygen atoms in total. The number of hydrogen-bond donors (Lipinski definition) is 3. The molecule has 0 saturated carbocycles. The number of ether oxygens (including phenoxy) is 1. The van der Waals surface area contributed by atoms with E-state index in [1.807, 2.05) is 18.2 Å². The van der Waals surface area contributed by atoms with E-state index >= 15 is 0 Å². The number of hydrogen-bond acceptors (Lipinski definition) is 4. The first-order valence-electron chi connectivity index (χ1n) is 8.74. The molecular weight excluding hydrogens is 362 g/mol. The zero-order valence-electron chi connectivity index (χ0n) is 14.8. The molecule has 4 rings (SSSR count). The largest absolute Gasteiger partial charge is 0.497 e. The third kappa shape index (κ3) is 3.05. The van der Waals surface area contributed by atoms with E-state index in [0.717, 1.165) is 18.5 Å². The summed E-state index contributed by atoms with van der Waals surface area (Å²) in [5, 5.41) is 13.1. The average Bonchev–Trinajstić information content (AvgIpc) is 2.68. The molecule has 2 heterocycles. The van der Waals surface area contributed by atoms with Gasteiger partial charge in [0.2, 0.25) is 5.88 Å². The van der Waals surface area contributed by atoms with E-state index in [-0.39, 0.29) is 22.3 Å². The molecule has 1 aliphatic heterocycles. The number of nitrogens with zero attached hydrogens (tertiary/aromatic N) is 1. The van der Waals surface area contributed by atoms with Crippen molar-refractivity contribution < 1.29 is 15.2 Å². The molecule has 0 saturated heterocycles. The van der Waals surface area contributed by atoms with Gasteiger partial charge in [-0.2, -0.15) is 0 Å². The van der Waals surface area contributed by atoms with Crippen molar-refractivity contribution >= 4 is 12.2 Å². The van der Waals surface area contributed by atoms with Crippen molar-refractivity contribution in [1.82, 2.24) is 9.55 Å². The number of quaternary nitrogens is 1. The first-order valence-corrected chi connectivity index (χ1v) is 9.14. The van der Waals surface area contributed by atoms with E-state index < -0.39 is 0 Å². The van der Waals surface area contributed by atoms with Gasteiger partial charge in [-0.15, -0.1) is 0 Å². The molecule has 0 amide bonds. The van der Waals surface area contributed by atoms with Gasteiger partial charge in [0.25, 0.3) is 5.56 Å². The van der Waals surface area contributed by atoms with Gasteiger partial charge in [0.05, 0.1) is 19.3 Å². The fourth-order valence-electron chi connectivity index (χ4n) is 3.66. The van der Waals surface area contributed by atoms with Crippen LogP contribution in [0.2, 0.25) is 0 Å². The molecule has 0 bridgehead atoms. The van der Waals surface area contributed by atoms with Crippen LogP contribution in [0.25, 0.3) is 5.69 Å². The van der Waals surface area contributed by atoms with Crippen molar-refractivity contribution in [3.63, 3.8) is 0 Å². The van der Waals surface area contributed by atoms with Gasteiger partial charge in [-0.05, 0) is 42.0 Å². The Kier molecular flexibility index (Phi) is 4.55. The molecule has 3 aromatic rings. The summed E-state index contributed by atoms with van der Waals surface area (Å²) in [6.07, 6.45) is 0.933. The Morgan fingerprint density at radius 2 is 1.96 bits per heavy atom. The SMILES string of the molecule is COc1ccc(-n2c(O)c([C@H]3[NH2+]CCc4ccccc43)c(=O)[nH]c2=S)cc1. The monoisotopic (exact) mass is 382 g/mol. The van der Waals surface area contributed by atoms with Crippen LogP contribution in [0.15, 0.2) is 53.3 Å². The number of aromatic hydroxyl groups is 1. The summed E-state index contributed by atoms with van der Waals surface area (Å²) in [6, 6.07) is 14.9. The zero-order valence-corrected chi connectivity index (χ0v) is 15.6. The van der Waals surface area contributed by atoms with E-state index in [4.69, 9.17) is 17.0 Å². The van der Waals surface area contributed by atoms with Crippen molar-refractivity contribution in [2.24, 2.45) is 0 Å². The maximum Gasteiger partial charge on any atom is 0.265 e. The topological polar surface area (TPSA) is 83.9 Å². The predicted octanol–water partition coefficient (Wildman–Crippen LogP) is 1.82. The zero-order chi connectivity index (χ0) is 19.0. The van der Waals surface area contributed by atoms with Gasteiger partial charge in [-0.1, -0.05) is 24.3 Å². The highest BCUT2D eigenvalue weighted by atomic mass is 32.1. The fourth-order valence-corrected chi connectivity index (χ4v) is 3.95. The first-order chi connectivity index (χ1) is 13.1. The Hall–Kier alpha value is -2.90. The Bertz CT molecular complexity index is 1100. The van der Waals surface area contributed by atoms with Gasteiger partial charge in [0, 0.05) is 12.0 Å². The second kappa shape index (κ2) is 7.02. The summed E-state index contributed by atoms with van der Waals surface area (Å²) in [6.45, 7) is 0.846. The molecule has 4 N–H and O–H groups in total. The number of nitrogens with one attached hydrogen (secondary N) is 1. The summed E-state index contributed by atoms with van der Waals surface area (Å²) in [5.74, 6) is 0.566. The molecular formula is C20H20N3O3S+. The molecule has 7 heteroatoms. The van der Waals surface area contributed by atoms with Crippen LogP contribution in [0.1, 0.15) is 22.7 Å².